The molecule has 4 nitrogen and oxygen atoms in total. The molecule has 0 aliphatic carbocycles. The molecule has 3 aromatic heterocycles. The zero-order chi connectivity index (χ0) is 28.6. The van der Waals surface area contributed by atoms with E-state index in [1.54, 1.807) is 0 Å². The fourth-order valence-electron chi connectivity index (χ4n) is 6.11. The summed E-state index contributed by atoms with van der Waals surface area (Å²) in [4.78, 5) is 13.0. The third-order valence-electron chi connectivity index (χ3n) is 8.05. The van der Waals surface area contributed by atoms with Crippen molar-refractivity contribution in [3.05, 3.63) is 151 Å². The summed E-state index contributed by atoms with van der Waals surface area (Å²) in [6.45, 7) is 0. The van der Waals surface area contributed by atoms with Gasteiger partial charge in [0.1, 0.15) is 11.2 Å². The second-order valence-electron chi connectivity index (χ2n) is 10.8. The second kappa shape index (κ2) is 10.6. The van der Waals surface area contributed by atoms with Crippen LogP contribution in [0.2, 0.25) is 0 Å². The van der Waals surface area contributed by atoms with E-state index < -0.39 is 0 Å². The molecule has 204 valence electrons. The molecule has 0 atom stereocenters. The maximum absolute atomic E-state index is 5.32. The van der Waals surface area contributed by atoms with Crippen molar-refractivity contribution in [2.24, 2.45) is 0 Å². The Morgan fingerprint density at radius 2 is 0.930 bits per heavy atom. The Morgan fingerprint density at radius 3 is 1.53 bits per heavy atom. The number of aromatic nitrogens is 3. The molecule has 0 fully saturated rings. The van der Waals surface area contributed by atoms with Gasteiger partial charge in [0.2, 0.25) is 0 Å². The SMILES string of the molecule is C1=Cc2nc1c(-c1ccccc1)c1ccc([nH]1)c(-c1ccccc1)c1cc([NH2+]c3ccccc3)c([nH]1)c2-c1ccccc1. The standard InChI is InChI=1S/C39H28N4/c1-5-13-26(14-6-1)36-30-21-22-32(41-30)37(27-15-7-2-8-16-27)34-25-35(40-29-19-11-4-12-20-29)39(43-34)38(28-17-9-3-10-18-28)33-24-23-31(36)42-33/h1-25,40-41,43H/p+1. The highest BCUT2D eigenvalue weighted by molar-refractivity contribution is 6.02. The Labute approximate surface area is 249 Å². The summed E-state index contributed by atoms with van der Waals surface area (Å²) in [5, 5.41) is 2.26. The van der Waals surface area contributed by atoms with Crippen LogP contribution in [0.25, 0.3) is 67.6 Å². The van der Waals surface area contributed by atoms with Crippen molar-refractivity contribution in [3.8, 4) is 33.4 Å². The largest absolute Gasteiger partial charge is 0.354 e. The molecule has 0 amide bonds. The van der Waals surface area contributed by atoms with E-state index in [0.29, 0.717) is 0 Å². The van der Waals surface area contributed by atoms with Crippen molar-refractivity contribution in [1.82, 2.24) is 15.0 Å². The molecule has 4 heterocycles. The van der Waals surface area contributed by atoms with Crippen molar-refractivity contribution in [2.75, 3.05) is 0 Å². The van der Waals surface area contributed by atoms with Crippen LogP contribution < -0.4 is 5.32 Å². The number of nitrogens with zero attached hydrogens (tertiary/aromatic N) is 1. The van der Waals surface area contributed by atoms with Crippen molar-refractivity contribution in [2.45, 2.75) is 0 Å². The Morgan fingerprint density at radius 1 is 0.442 bits per heavy atom. The molecule has 1 aliphatic heterocycles. The third kappa shape index (κ3) is 4.60. The van der Waals surface area contributed by atoms with Gasteiger partial charge in [-0.2, -0.15) is 0 Å². The van der Waals surface area contributed by atoms with E-state index in [-0.39, 0.29) is 0 Å². The quantitative estimate of drug-likeness (QED) is 0.183. The first-order chi connectivity index (χ1) is 21.3. The van der Waals surface area contributed by atoms with Crippen LogP contribution in [0, 0.1) is 0 Å². The van der Waals surface area contributed by atoms with Crippen molar-refractivity contribution < 1.29 is 5.32 Å². The molecule has 0 saturated heterocycles. The third-order valence-corrected chi connectivity index (χ3v) is 8.05. The van der Waals surface area contributed by atoms with Gasteiger partial charge in [-0.15, -0.1) is 0 Å². The number of H-pyrrole nitrogens is 2. The molecule has 0 unspecified atom stereocenters. The van der Waals surface area contributed by atoms with Gasteiger partial charge >= 0.3 is 0 Å². The Kier molecular flexibility index (Phi) is 6.17. The lowest BCUT2D eigenvalue weighted by Gasteiger charge is -2.07. The predicted octanol–water partition coefficient (Wildman–Crippen LogP) is 9.18. The summed E-state index contributed by atoms with van der Waals surface area (Å²) >= 11 is 0. The van der Waals surface area contributed by atoms with Crippen LogP contribution in [0.5, 0.6) is 0 Å². The van der Waals surface area contributed by atoms with Crippen LogP contribution in [0.15, 0.2) is 140 Å². The lowest BCUT2D eigenvalue weighted by Crippen LogP contribution is -2.70. The van der Waals surface area contributed by atoms with Crippen LogP contribution >= 0.6 is 0 Å². The Balaban J connectivity index is 1.57. The molecule has 4 heteroatoms. The summed E-state index contributed by atoms with van der Waals surface area (Å²) in [5.41, 5.74) is 14.9. The van der Waals surface area contributed by atoms with E-state index in [0.717, 1.165) is 78.2 Å². The van der Waals surface area contributed by atoms with E-state index in [1.165, 1.54) is 0 Å². The van der Waals surface area contributed by atoms with Gasteiger partial charge in [-0.3, -0.25) is 5.32 Å². The lowest BCUT2D eigenvalue weighted by atomic mass is 10.0. The smallest absolute Gasteiger partial charge is 0.161 e. The normalized spacial score (nSPS) is 11.7. The van der Waals surface area contributed by atoms with Gasteiger partial charge in [0.25, 0.3) is 0 Å². The summed E-state index contributed by atoms with van der Waals surface area (Å²) in [7, 11) is 0. The van der Waals surface area contributed by atoms with Crippen LogP contribution in [0.4, 0.5) is 11.4 Å². The maximum Gasteiger partial charge on any atom is 0.161 e. The lowest BCUT2D eigenvalue weighted by molar-refractivity contribution is -0.476. The molecular weight excluding hydrogens is 524 g/mol. The number of hydrogen-bond acceptors (Lipinski definition) is 1. The van der Waals surface area contributed by atoms with Gasteiger partial charge in [-0.1, -0.05) is 109 Å². The first-order valence-electron chi connectivity index (χ1n) is 14.6. The van der Waals surface area contributed by atoms with Crippen LogP contribution in [-0.4, -0.2) is 15.0 Å². The molecule has 1 aliphatic rings. The fourth-order valence-corrected chi connectivity index (χ4v) is 6.11. The van der Waals surface area contributed by atoms with Gasteiger partial charge < -0.3 is 9.97 Å². The monoisotopic (exact) mass is 553 g/mol. The van der Waals surface area contributed by atoms with Crippen LogP contribution in [0.1, 0.15) is 11.4 Å². The zero-order valence-corrected chi connectivity index (χ0v) is 23.5. The number of nitrogens with one attached hydrogen (secondary N) is 2. The first kappa shape index (κ1) is 25.0. The van der Waals surface area contributed by atoms with E-state index in [9.17, 15) is 0 Å². The molecule has 6 bridgehead atoms. The van der Waals surface area contributed by atoms with E-state index >= 15 is 0 Å². The van der Waals surface area contributed by atoms with Gasteiger partial charge in [0.15, 0.2) is 5.69 Å². The minimum Gasteiger partial charge on any atom is -0.354 e. The number of fused-ring (bicyclic) bond motifs is 6. The number of rotatable bonds is 5. The van der Waals surface area contributed by atoms with Crippen molar-refractivity contribution in [3.63, 3.8) is 0 Å². The molecule has 7 aromatic rings. The number of para-hydroxylation sites is 1. The summed E-state index contributed by atoms with van der Waals surface area (Å²) in [6, 6.07) is 48.9. The topological polar surface area (TPSA) is 61.1 Å². The minimum atomic E-state index is 0.930. The predicted molar refractivity (Wildman–Crippen MR) is 179 cm³/mol. The second-order valence-corrected chi connectivity index (χ2v) is 10.8. The van der Waals surface area contributed by atoms with E-state index in [2.05, 4.69) is 167 Å². The average molecular weight is 554 g/mol. The molecular formula is C39H29N4+. The number of quaternary nitrogens is 1. The maximum atomic E-state index is 5.32. The van der Waals surface area contributed by atoms with E-state index in [4.69, 9.17) is 4.98 Å². The summed E-state index contributed by atoms with van der Waals surface area (Å²) < 4.78 is 0. The molecule has 0 spiro atoms. The van der Waals surface area contributed by atoms with Crippen molar-refractivity contribution >= 4 is 45.6 Å². The highest BCUT2D eigenvalue weighted by Crippen LogP contribution is 2.38. The zero-order valence-electron chi connectivity index (χ0n) is 23.5. The molecule has 0 radical (unpaired) electrons. The minimum absolute atomic E-state index is 0.930. The Bertz CT molecular complexity index is 2180. The number of nitrogens with two attached hydrogens (primary N) is 1. The highest BCUT2D eigenvalue weighted by Gasteiger charge is 2.20. The molecule has 4 aromatic carbocycles. The summed E-state index contributed by atoms with van der Waals surface area (Å²) in [5.74, 6) is 0. The molecule has 43 heavy (non-hydrogen) atoms. The molecule has 4 N–H and O–H groups in total. The highest BCUT2D eigenvalue weighted by atomic mass is 14.9. The number of benzene rings is 4. The molecule has 8 rings (SSSR count). The van der Waals surface area contributed by atoms with Crippen LogP contribution in [-0.2, 0) is 0 Å². The van der Waals surface area contributed by atoms with Gasteiger partial charge in [0, 0.05) is 33.8 Å². The molecule has 0 saturated carbocycles. The first-order valence-corrected chi connectivity index (χ1v) is 14.6. The Hall–Kier alpha value is -5.71. The van der Waals surface area contributed by atoms with Crippen LogP contribution in [0.3, 0.4) is 0 Å². The number of hydrogen-bond donors (Lipinski definition) is 3. The van der Waals surface area contributed by atoms with Gasteiger partial charge in [-0.05, 0) is 53.1 Å². The fraction of sp³-hybridized carbons (Fsp3) is 0. The van der Waals surface area contributed by atoms with Crippen molar-refractivity contribution in [1.29, 1.82) is 0 Å². The van der Waals surface area contributed by atoms with Gasteiger partial charge in [-0.25, -0.2) is 4.98 Å². The summed E-state index contributed by atoms with van der Waals surface area (Å²) in [6.07, 6.45) is 4.29. The van der Waals surface area contributed by atoms with Gasteiger partial charge in [0.05, 0.1) is 16.9 Å². The number of aromatic amines is 2. The average Bonchev–Trinajstić information content (AvgIpc) is 3.82. The van der Waals surface area contributed by atoms with E-state index in [1.807, 2.05) is 0 Å².